The molecular weight excluding hydrogens is 295 g/mol. The maximum absolute atomic E-state index is 8.86. The molecule has 0 atom stereocenters. The van der Waals surface area contributed by atoms with E-state index in [0.717, 1.165) is 14.6 Å². The van der Waals surface area contributed by atoms with Crippen molar-refractivity contribution in [3.63, 3.8) is 0 Å². The van der Waals surface area contributed by atoms with Crippen LogP contribution in [0.15, 0.2) is 12.5 Å². The second kappa shape index (κ2) is 3.70. The quantitative estimate of drug-likeness (QED) is 0.797. The maximum Gasteiger partial charge on any atom is 0.146 e. The summed E-state index contributed by atoms with van der Waals surface area (Å²) in [5, 5.41) is 9.72. The summed E-state index contributed by atoms with van der Waals surface area (Å²) in [6.45, 7) is 0.611. The van der Waals surface area contributed by atoms with Gasteiger partial charge in [0, 0.05) is 16.3 Å². The number of hydrogen-bond acceptors (Lipinski definition) is 4. The van der Waals surface area contributed by atoms with Crippen molar-refractivity contribution in [2.45, 2.75) is 6.54 Å². The summed E-state index contributed by atoms with van der Waals surface area (Å²) in [6.07, 6.45) is 3.34. The Morgan fingerprint density at radius 2 is 2.29 bits per heavy atom. The van der Waals surface area contributed by atoms with Crippen LogP contribution in [-0.2, 0) is 6.54 Å². The largest absolute Gasteiger partial charge is 0.395 e. The molecule has 0 aliphatic heterocycles. The van der Waals surface area contributed by atoms with Crippen LogP contribution in [0.1, 0.15) is 0 Å². The number of halogens is 1. The first-order valence-electron chi connectivity index (χ1n) is 4.09. The van der Waals surface area contributed by atoms with Gasteiger partial charge in [0.1, 0.15) is 17.8 Å². The van der Waals surface area contributed by atoms with Gasteiger partial charge in [-0.1, -0.05) is 0 Å². The van der Waals surface area contributed by atoms with E-state index in [1.54, 1.807) is 0 Å². The number of fused-ring (bicyclic) bond motifs is 1. The summed E-state index contributed by atoms with van der Waals surface area (Å²) in [4.78, 5) is 8.07. The third-order valence-electron chi connectivity index (χ3n) is 1.98. The third kappa shape index (κ3) is 1.44. The predicted octanol–water partition coefficient (Wildman–Crippen LogP) is 0.610. The number of hydrogen-bond donors (Lipinski definition) is 2. The molecule has 0 fully saturated rings. The molecule has 2 rings (SSSR count). The molecular formula is C8H9IN4O. The Labute approximate surface area is 94.1 Å². The summed E-state index contributed by atoms with van der Waals surface area (Å²) >= 11 is 2.18. The predicted molar refractivity (Wildman–Crippen MR) is 61.7 cm³/mol. The fourth-order valence-corrected chi connectivity index (χ4v) is 2.23. The zero-order valence-electron chi connectivity index (χ0n) is 7.31. The van der Waals surface area contributed by atoms with Crippen LogP contribution in [-0.4, -0.2) is 26.2 Å². The first-order valence-corrected chi connectivity index (χ1v) is 5.17. The molecule has 0 unspecified atom stereocenters. The normalized spacial score (nSPS) is 11.0. The van der Waals surface area contributed by atoms with E-state index in [0.29, 0.717) is 12.4 Å². The van der Waals surface area contributed by atoms with Crippen LogP contribution in [0.3, 0.4) is 0 Å². The monoisotopic (exact) mass is 304 g/mol. The zero-order chi connectivity index (χ0) is 10.1. The molecule has 14 heavy (non-hydrogen) atoms. The van der Waals surface area contributed by atoms with E-state index >= 15 is 0 Å². The second-order valence-corrected chi connectivity index (χ2v) is 4.01. The van der Waals surface area contributed by atoms with Crippen molar-refractivity contribution >= 4 is 39.4 Å². The molecule has 0 bridgehead atoms. The molecule has 5 nitrogen and oxygen atoms in total. The average molecular weight is 304 g/mol. The van der Waals surface area contributed by atoms with Crippen LogP contribution >= 0.6 is 22.6 Å². The molecule has 0 saturated carbocycles. The topological polar surface area (TPSA) is 77.0 Å². The summed E-state index contributed by atoms with van der Waals surface area (Å²) < 4.78 is 2.87. The molecule has 6 heteroatoms. The Kier molecular flexibility index (Phi) is 2.55. The van der Waals surface area contributed by atoms with Crippen molar-refractivity contribution in [1.29, 1.82) is 0 Å². The molecule has 0 amide bonds. The van der Waals surface area contributed by atoms with Gasteiger partial charge in [-0.3, -0.25) is 0 Å². The van der Waals surface area contributed by atoms with Gasteiger partial charge in [0.05, 0.1) is 12.0 Å². The molecule has 2 aromatic rings. The number of aliphatic hydroxyl groups is 1. The highest BCUT2D eigenvalue weighted by Gasteiger charge is 2.10. The third-order valence-corrected chi connectivity index (χ3v) is 2.80. The number of aliphatic hydroxyl groups excluding tert-OH is 1. The lowest BCUT2D eigenvalue weighted by molar-refractivity contribution is 0.278. The SMILES string of the molecule is Nc1ncnc2c1c(I)cn2CCO. The van der Waals surface area contributed by atoms with Gasteiger partial charge in [-0.15, -0.1) is 0 Å². The molecule has 74 valence electrons. The highest BCUT2D eigenvalue weighted by molar-refractivity contribution is 14.1. The van der Waals surface area contributed by atoms with E-state index in [-0.39, 0.29) is 6.61 Å². The number of anilines is 1. The van der Waals surface area contributed by atoms with Crippen molar-refractivity contribution in [2.75, 3.05) is 12.3 Å². The van der Waals surface area contributed by atoms with E-state index in [1.165, 1.54) is 6.33 Å². The van der Waals surface area contributed by atoms with Gasteiger partial charge in [0.2, 0.25) is 0 Å². The molecule has 3 N–H and O–H groups in total. The van der Waals surface area contributed by atoms with Crippen LogP contribution in [0.4, 0.5) is 5.82 Å². The highest BCUT2D eigenvalue weighted by Crippen LogP contribution is 2.24. The molecule has 0 radical (unpaired) electrons. The lowest BCUT2D eigenvalue weighted by Gasteiger charge is -2.00. The van der Waals surface area contributed by atoms with Gasteiger partial charge in [-0.2, -0.15) is 0 Å². The molecule has 0 aliphatic rings. The summed E-state index contributed by atoms with van der Waals surface area (Å²) in [7, 11) is 0. The Morgan fingerprint density at radius 3 is 3.00 bits per heavy atom. The summed E-state index contributed by atoms with van der Waals surface area (Å²) in [5.41, 5.74) is 6.51. The van der Waals surface area contributed by atoms with Gasteiger partial charge >= 0.3 is 0 Å². The first kappa shape index (κ1) is 9.66. The van der Waals surface area contributed by atoms with E-state index in [1.807, 2.05) is 10.8 Å². The van der Waals surface area contributed by atoms with Gasteiger partial charge in [0.25, 0.3) is 0 Å². The summed E-state index contributed by atoms with van der Waals surface area (Å²) in [5.74, 6) is 0.482. The van der Waals surface area contributed by atoms with Crippen molar-refractivity contribution < 1.29 is 5.11 Å². The van der Waals surface area contributed by atoms with Gasteiger partial charge in [-0.05, 0) is 22.6 Å². The van der Waals surface area contributed by atoms with Crippen LogP contribution in [0, 0.1) is 3.57 Å². The highest BCUT2D eigenvalue weighted by atomic mass is 127. The van der Waals surface area contributed by atoms with Crippen LogP contribution in [0.5, 0.6) is 0 Å². The Bertz CT molecular complexity index is 468. The van der Waals surface area contributed by atoms with Gasteiger partial charge in [0.15, 0.2) is 0 Å². The Morgan fingerprint density at radius 1 is 1.50 bits per heavy atom. The average Bonchev–Trinajstić information content (AvgIpc) is 2.46. The van der Waals surface area contributed by atoms with Crippen molar-refractivity contribution in [1.82, 2.24) is 14.5 Å². The van der Waals surface area contributed by atoms with Crippen LogP contribution in [0.2, 0.25) is 0 Å². The fourth-order valence-electron chi connectivity index (χ4n) is 1.38. The van der Waals surface area contributed by atoms with Crippen molar-refractivity contribution in [3.8, 4) is 0 Å². The zero-order valence-corrected chi connectivity index (χ0v) is 9.47. The number of rotatable bonds is 2. The molecule has 0 aliphatic carbocycles. The van der Waals surface area contributed by atoms with Crippen molar-refractivity contribution in [2.24, 2.45) is 0 Å². The van der Waals surface area contributed by atoms with Gasteiger partial charge < -0.3 is 15.4 Å². The van der Waals surface area contributed by atoms with E-state index in [9.17, 15) is 0 Å². The molecule has 2 aromatic heterocycles. The number of nitrogens with zero attached hydrogens (tertiary/aromatic N) is 3. The second-order valence-electron chi connectivity index (χ2n) is 2.85. The molecule has 2 heterocycles. The minimum atomic E-state index is 0.0871. The van der Waals surface area contributed by atoms with Crippen LogP contribution in [0.25, 0.3) is 11.0 Å². The maximum atomic E-state index is 8.86. The smallest absolute Gasteiger partial charge is 0.146 e. The standard InChI is InChI=1S/C8H9IN4O/c9-5-3-13(1-2-14)8-6(5)7(10)11-4-12-8/h3-4,14H,1-2H2,(H2,10,11,12). The molecule has 0 spiro atoms. The van der Waals surface area contributed by atoms with Gasteiger partial charge in [-0.25, -0.2) is 9.97 Å². The molecule has 0 saturated heterocycles. The van der Waals surface area contributed by atoms with Crippen molar-refractivity contribution in [3.05, 3.63) is 16.1 Å². The summed E-state index contributed by atoms with van der Waals surface area (Å²) in [6, 6.07) is 0. The van der Waals surface area contributed by atoms with E-state index < -0.39 is 0 Å². The Balaban J connectivity index is 2.71. The van der Waals surface area contributed by atoms with E-state index in [2.05, 4.69) is 32.6 Å². The lowest BCUT2D eigenvalue weighted by Crippen LogP contribution is -2.02. The number of aromatic nitrogens is 3. The van der Waals surface area contributed by atoms with Crippen LogP contribution < -0.4 is 5.73 Å². The minimum absolute atomic E-state index is 0.0871. The Hall–Kier alpha value is -0.890. The minimum Gasteiger partial charge on any atom is -0.395 e. The number of nitrogen functional groups attached to an aromatic ring is 1. The lowest BCUT2D eigenvalue weighted by atomic mass is 10.4. The first-order chi connectivity index (χ1) is 6.74. The fraction of sp³-hybridized carbons (Fsp3) is 0.250. The number of nitrogens with two attached hydrogens (primary N) is 1. The van der Waals surface area contributed by atoms with E-state index in [4.69, 9.17) is 10.8 Å². The molecule has 0 aromatic carbocycles.